The molecule has 3 heterocycles. The number of esters is 1. The molecule has 35 heavy (non-hydrogen) atoms. The Labute approximate surface area is 201 Å². The van der Waals surface area contributed by atoms with Gasteiger partial charge < -0.3 is 20.3 Å². The van der Waals surface area contributed by atoms with Gasteiger partial charge in [0.15, 0.2) is 5.82 Å². The molecular formula is C24H27N7O4. The summed E-state index contributed by atoms with van der Waals surface area (Å²) in [7, 11) is 0. The van der Waals surface area contributed by atoms with E-state index in [0.717, 1.165) is 18.5 Å². The van der Waals surface area contributed by atoms with Gasteiger partial charge in [0.2, 0.25) is 5.88 Å². The molecule has 0 aliphatic carbocycles. The lowest BCUT2D eigenvalue weighted by Crippen LogP contribution is -2.19. The Hall–Kier alpha value is -4.41. The summed E-state index contributed by atoms with van der Waals surface area (Å²) >= 11 is 0. The van der Waals surface area contributed by atoms with Crippen molar-refractivity contribution in [3.05, 3.63) is 54.1 Å². The first kappa shape index (κ1) is 23.7. The molecule has 0 aliphatic rings. The molecule has 0 aliphatic heterocycles. The summed E-state index contributed by atoms with van der Waals surface area (Å²) in [6.45, 7) is 6.13. The van der Waals surface area contributed by atoms with Gasteiger partial charge >= 0.3 is 12.0 Å². The van der Waals surface area contributed by atoms with Crippen molar-refractivity contribution in [2.75, 3.05) is 23.0 Å². The van der Waals surface area contributed by atoms with Gasteiger partial charge in [-0.05, 0) is 31.0 Å². The summed E-state index contributed by atoms with van der Waals surface area (Å²) < 4.78 is 11.9. The van der Waals surface area contributed by atoms with E-state index >= 15 is 0 Å². The van der Waals surface area contributed by atoms with Crippen molar-refractivity contribution in [3.8, 4) is 11.1 Å². The minimum absolute atomic E-state index is 0.229. The van der Waals surface area contributed by atoms with Crippen LogP contribution in [0.5, 0.6) is 0 Å². The fourth-order valence-electron chi connectivity index (χ4n) is 3.85. The molecular weight excluding hydrogens is 450 g/mol. The number of nitrogens with zero attached hydrogens (tertiary/aromatic N) is 4. The number of fused-ring (bicyclic) bond motifs is 1. The van der Waals surface area contributed by atoms with E-state index in [9.17, 15) is 9.59 Å². The molecule has 182 valence electrons. The van der Waals surface area contributed by atoms with Crippen molar-refractivity contribution in [1.82, 2.24) is 19.8 Å². The standard InChI is InChI=1S/C24H27N7O4/c1-4-6-14(3)18-11-19(35-30-18)29-24(33)28-16-9-7-15(8-10-16)20-17(23(32)34-5-2)12-31-21(20)22(25)26-13-27-31/h7-14H,4-6H2,1-3H3,(H2,25,26,27)(H2,28,29,33). The van der Waals surface area contributed by atoms with Crippen molar-refractivity contribution < 1.29 is 18.8 Å². The number of amides is 2. The Kier molecular flexibility index (Phi) is 6.95. The molecule has 2 amide bonds. The Morgan fingerprint density at radius 3 is 2.69 bits per heavy atom. The number of carbonyl (C=O) groups excluding carboxylic acids is 2. The van der Waals surface area contributed by atoms with Crippen molar-refractivity contribution in [2.45, 2.75) is 39.5 Å². The maximum absolute atomic E-state index is 12.6. The number of ether oxygens (including phenoxy) is 1. The van der Waals surface area contributed by atoms with Gasteiger partial charge in [0, 0.05) is 29.4 Å². The van der Waals surface area contributed by atoms with E-state index in [1.807, 2.05) is 0 Å². The molecule has 1 unspecified atom stereocenters. The van der Waals surface area contributed by atoms with Gasteiger partial charge in [-0.2, -0.15) is 5.10 Å². The van der Waals surface area contributed by atoms with E-state index in [0.29, 0.717) is 27.9 Å². The minimum atomic E-state index is -0.492. The molecule has 4 rings (SSSR count). The second kappa shape index (κ2) is 10.2. The van der Waals surface area contributed by atoms with Crippen LogP contribution >= 0.6 is 0 Å². The predicted octanol–water partition coefficient (Wildman–Crippen LogP) is 4.69. The van der Waals surface area contributed by atoms with Gasteiger partial charge in [-0.25, -0.2) is 19.1 Å². The predicted molar refractivity (Wildman–Crippen MR) is 131 cm³/mol. The SMILES string of the molecule is CCCC(C)c1cc(NC(=O)Nc2ccc(-c3c(C(=O)OCC)cn4ncnc(N)c34)cc2)on1. The molecule has 0 spiro atoms. The minimum Gasteiger partial charge on any atom is -0.462 e. The Morgan fingerprint density at radius 1 is 1.20 bits per heavy atom. The summed E-state index contributed by atoms with van der Waals surface area (Å²) in [4.78, 5) is 29.1. The third-order valence-corrected chi connectivity index (χ3v) is 5.52. The zero-order chi connectivity index (χ0) is 24.9. The van der Waals surface area contributed by atoms with Gasteiger partial charge in [0.1, 0.15) is 11.8 Å². The number of carbonyl (C=O) groups is 2. The van der Waals surface area contributed by atoms with Crippen LogP contribution in [0, 0.1) is 0 Å². The number of nitrogen functional groups attached to an aromatic ring is 1. The molecule has 0 saturated heterocycles. The number of urea groups is 1. The normalized spacial score (nSPS) is 11.9. The zero-order valence-corrected chi connectivity index (χ0v) is 19.7. The van der Waals surface area contributed by atoms with Crippen LogP contribution in [-0.4, -0.2) is 38.4 Å². The molecule has 1 aromatic carbocycles. The summed E-state index contributed by atoms with van der Waals surface area (Å²) in [6, 6.07) is 8.20. The monoisotopic (exact) mass is 477 g/mol. The molecule has 11 nitrogen and oxygen atoms in total. The van der Waals surface area contributed by atoms with E-state index in [1.54, 1.807) is 43.5 Å². The lowest BCUT2D eigenvalue weighted by atomic mass is 10.0. The van der Waals surface area contributed by atoms with Crippen molar-refractivity contribution >= 4 is 34.9 Å². The molecule has 3 aromatic heterocycles. The molecule has 0 bridgehead atoms. The van der Waals surface area contributed by atoms with E-state index in [-0.39, 0.29) is 24.2 Å². The van der Waals surface area contributed by atoms with E-state index in [4.69, 9.17) is 15.0 Å². The van der Waals surface area contributed by atoms with E-state index in [1.165, 1.54) is 10.8 Å². The van der Waals surface area contributed by atoms with Gasteiger partial charge in [-0.3, -0.25) is 5.32 Å². The highest BCUT2D eigenvalue weighted by Crippen LogP contribution is 2.33. The number of hydrogen-bond donors (Lipinski definition) is 3. The highest BCUT2D eigenvalue weighted by atomic mass is 16.5. The largest absolute Gasteiger partial charge is 0.462 e. The molecule has 4 N–H and O–H groups in total. The summed E-state index contributed by atoms with van der Waals surface area (Å²) in [5, 5.41) is 13.6. The van der Waals surface area contributed by atoms with Crippen LogP contribution in [0.1, 0.15) is 55.6 Å². The number of hydrogen-bond acceptors (Lipinski definition) is 8. The van der Waals surface area contributed by atoms with Crippen LogP contribution < -0.4 is 16.4 Å². The van der Waals surface area contributed by atoms with Crippen LogP contribution in [0.2, 0.25) is 0 Å². The number of nitrogens with one attached hydrogen (secondary N) is 2. The van der Waals surface area contributed by atoms with Crippen LogP contribution in [0.15, 0.2) is 47.4 Å². The number of rotatable bonds is 8. The topological polar surface area (TPSA) is 150 Å². The molecule has 11 heteroatoms. The van der Waals surface area contributed by atoms with Crippen LogP contribution in [0.3, 0.4) is 0 Å². The van der Waals surface area contributed by atoms with E-state index in [2.05, 4.69) is 39.7 Å². The Morgan fingerprint density at radius 2 is 1.97 bits per heavy atom. The summed E-state index contributed by atoms with van der Waals surface area (Å²) in [5.41, 5.74) is 9.47. The molecule has 0 fully saturated rings. The zero-order valence-electron chi connectivity index (χ0n) is 19.7. The van der Waals surface area contributed by atoms with Gasteiger partial charge in [0.05, 0.1) is 17.9 Å². The van der Waals surface area contributed by atoms with Gasteiger partial charge in [-0.1, -0.05) is 37.6 Å². The second-order valence-electron chi connectivity index (χ2n) is 8.04. The highest BCUT2D eigenvalue weighted by molar-refractivity contribution is 6.05. The highest BCUT2D eigenvalue weighted by Gasteiger charge is 2.22. The average Bonchev–Trinajstić information content (AvgIpc) is 3.46. The molecule has 1 atom stereocenters. The second-order valence-corrected chi connectivity index (χ2v) is 8.04. The number of anilines is 3. The van der Waals surface area contributed by atoms with Gasteiger partial charge in [-0.15, -0.1) is 0 Å². The Balaban J connectivity index is 1.53. The lowest BCUT2D eigenvalue weighted by Gasteiger charge is -2.08. The number of aromatic nitrogens is 4. The van der Waals surface area contributed by atoms with Crippen molar-refractivity contribution in [3.63, 3.8) is 0 Å². The number of benzene rings is 1. The van der Waals surface area contributed by atoms with Crippen molar-refractivity contribution in [1.29, 1.82) is 0 Å². The van der Waals surface area contributed by atoms with Crippen LogP contribution in [0.25, 0.3) is 16.6 Å². The first-order chi connectivity index (χ1) is 16.9. The first-order valence-electron chi connectivity index (χ1n) is 11.3. The third-order valence-electron chi connectivity index (χ3n) is 5.52. The summed E-state index contributed by atoms with van der Waals surface area (Å²) in [6.07, 6.45) is 4.90. The van der Waals surface area contributed by atoms with Gasteiger partial charge in [0.25, 0.3) is 0 Å². The maximum Gasteiger partial charge on any atom is 0.340 e. The average molecular weight is 478 g/mol. The fourth-order valence-corrected chi connectivity index (χ4v) is 3.85. The first-order valence-corrected chi connectivity index (χ1v) is 11.3. The number of nitrogens with two attached hydrogens (primary N) is 1. The quantitative estimate of drug-likeness (QED) is 0.309. The Bertz CT molecular complexity index is 1340. The van der Waals surface area contributed by atoms with Crippen LogP contribution in [0.4, 0.5) is 22.2 Å². The third kappa shape index (κ3) is 5.08. The van der Waals surface area contributed by atoms with E-state index < -0.39 is 12.0 Å². The summed E-state index contributed by atoms with van der Waals surface area (Å²) in [5.74, 6) is 0.256. The molecule has 4 aromatic rings. The fraction of sp³-hybridized carbons (Fsp3) is 0.292. The van der Waals surface area contributed by atoms with Crippen molar-refractivity contribution in [2.24, 2.45) is 0 Å². The smallest absolute Gasteiger partial charge is 0.340 e. The molecule has 0 saturated carbocycles. The lowest BCUT2D eigenvalue weighted by molar-refractivity contribution is 0.0527. The maximum atomic E-state index is 12.6. The van der Waals surface area contributed by atoms with Crippen LogP contribution in [-0.2, 0) is 4.74 Å². The molecule has 0 radical (unpaired) electrons.